The minimum atomic E-state index is -0.373. The zero-order chi connectivity index (χ0) is 17.8. The maximum absolute atomic E-state index is 11.1. The fourth-order valence-corrected chi connectivity index (χ4v) is 3.65. The summed E-state index contributed by atoms with van der Waals surface area (Å²) in [4.78, 5) is 13.0. The molecule has 6 heteroatoms. The Morgan fingerprint density at radius 3 is 2.64 bits per heavy atom. The molecular weight excluding hydrogens is 318 g/mol. The molecule has 1 fully saturated rings. The van der Waals surface area contributed by atoms with Gasteiger partial charge in [0.2, 0.25) is 0 Å². The average Bonchev–Trinajstić information content (AvgIpc) is 3.05. The fourth-order valence-electron chi connectivity index (χ4n) is 3.65. The number of ether oxygens (including phenoxy) is 1. The maximum atomic E-state index is 11.1. The number of benzene rings is 2. The number of likely N-dealkylation sites (tertiary alicyclic amines) is 1. The van der Waals surface area contributed by atoms with E-state index in [-0.39, 0.29) is 10.6 Å². The quantitative estimate of drug-likeness (QED) is 0.645. The van der Waals surface area contributed by atoms with Crippen molar-refractivity contribution in [1.29, 1.82) is 0 Å². The van der Waals surface area contributed by atoms with E-state index in [2.05, 4.69) is 29.2 Å². The van der Waals surface area contributed by atoms with Gasteiger partial charge in [0.05, 0.1) is 12.0 Å². The van der Waals surface area contributed by atoms with E-state index >= 15 is 0 Å². The first-order valence-electron chi connectivity index (χ1n) is 8.41. The Bertz CT molecular complexity index is 736. The molecular formula is C19H23N3O3. The number of nitrogens with zero attached hydrogens (tertiary/aromatic N) is 2. The van der Waals surface area contributed by atoms with E-state index in [9.17, 15) is 10.1 Å². The SMILES string of the molecule is COc1ccc([N+](=O)[O-])cc1CN1C[C@@H](CN)[C@H](c2ccccc2)C1. The van der Waals surface area contributed by atoms with Crippen molar-refractivity contribution in [2.75, 3.05) is 26.7 Å². The molecule has 0 saturated carbocycles. The smallest absolute Gasteiger partial charge is 0.270 e. The predicted octanol–water partition coefficient (Wildman–Crippen LogP) is 2.78. The lowest BCUT2D eigenvalue weighted by Crippen LogP contribution is -2.23. The van der Waals surface area contributed by atoms with E-state index in [1.165, 1.54) is 11.6 Å². The van der Waals surface area contributed by atoms with E-state index in [0.717, 1.165) is 18.7 Å². The van der Waals surface area contributed by atoms with Gasteiger partial charge in [-0.1, -0.05) is 30.3 Å². The summed E-state index contributed by atoms with van der Waals surface area (Å²) in [7, 11) is 1.59. The van der Waals surface area contributed by atoms with Gasteiger partial charge in [0.1, 0.15) is 5.75 Å². The Hall–Kier alpha value is -2.44. The van der Waals surface area contributed by atoms with Crippen LogP contribution in [0.15, 0.2) is 48.5 Å². The van der Waals surface area contributed by atoms with Gasteiger partial charge in [-0.25, -0.2) is 0 Å². The van der Waals surface area contributed by atoms with Crippen LogP contribution in [-0.4, -0.2) is 36.6 Å². The Morgan fingerprint density at radius 2 is 2.00 bits per heavy atom. The molecule has 0 aliphatic carbocycles. The van der Waals surface area contributed by atoms with E-state index in [4.69, 9.17) is 10.5 Å². The van der Waals surface area contributed by atoms with Crippen molar-refractivity contribution >= 4 is 5.69 Å². The molecule has 0 spiro atoms. The predicted molar refractivity (Wildman–Crippen MR) is 96.7 cm³/mol. The second-order valence-corrected chi connectivity index (χ2v) is 6.46. The first-order valence-corrected chi connectivity index (χ1v) is 8.41. The van der Waals surface area contributed by atoms with Crippen LogP contribution in [0.1, 0.15) is 17.0 Å². The van der Waals surface area contributed by atoms with Gasteiger partial charge >= 0.3 is 0 Å². The number of non-ortho nitro benzene ring substituents is 1. The van der Waals surface area contributed by atoms with Crippen LogP contribution < -0.4 is 10.5 Å². The summed E-state index contributed by atoms with van der Waals surface area (Å²) in [6, 6.07) is 15.1. The Labute approximate surface area is 147 Å². The van der Waals surface area contributed by atoms with Crippen LogP contribution >= 0.6 is 0 Å². The molecule has 0 unspecified atom stereocenters. The third-order valence-electron chi connectivity index (χ3n) is 4.92. The van der Waals surface area contributed by atoms with Gasteiger partial charge in [-0.2, -0.15) is 0 Å². The van der Waals surface area contributed by atoms with Gasteiger partial charge in [-0.3, -0.25) is 15.0 Å². The van der Waals surface area contributed by atoms with Crippen molar-refractivity contribution in [3.8, 4) is 5.75 Å². The maximum Gasteiger partial charge on any atom is 0.270 e. The van der Waals surface area contributed by atoms with Crippen LogP contribution in [0.25, 0.3) is 0 Å². The summed E-state index contributed by atoms with van der Waals surface area (Å²) >= 11 is 0. The van der Waals surface area contributed by atoms with Crippen molar-refractivity contribution in [2.45, 2.75) is 12.5 Å². The number of hydrogen-bond donors (Lipinski definition) is 1. The second kappa shape index (κ2) is 7.63. The summed E-state index contributed by atoms with van der Waals surface area (Å²) in [5.41, 5.74) is 8.22. The highest BCUT2D eigenvalue weighted by Gasteiger charge is 2.33. The van der Waals surface area contributed by atoms with Crippen LogP contribution in [-0.2, 0) is 6.54 Å². The Morgan fingerprint density at radius 1 is 1.24 bits per heavy atom. The lowest BCUT2D eigenvalue weighted by Gasteiger charge is -2.18. The van der Waals surface area contributed by atoms with Crippen molar-refractivity contribution in [3.63, 3.8) is 0 Å². The van der Waals surface area contributed by atoms with Gasteiger partial charge in [-0.05, 0) is 24.1 Å². The summed E-state index contributed by atoms with van der Waals surface area (Å²) in [6.45, 7) is 3.01. The number of rotatable bonds is 6. The van der Waals surface area contributed by atoms with Crippen molar-refractivity contribution in [2.24, 2.45) is 11.7 Å². The number of nitro benzene ring substituents is 1. The minimum absolute atomic E-state index is 0.0879. The molecule has 3 rings (SSSR count). The molecule has 0 bridgehead atoms. The van der Waals surface area contributed by atoms with E-state index in [1.807, 2.05) is 6.07 Å². The molecule has 1 heterocycles. The lowest BCUT2D eigenvalue weighted by molar-refractivity contribution is -0.384. The first-order chi connectivity index (χ1) is 12.1. The molecule has 1 saturated heterocycles. The van der Waals surface area contributed by atoms with E-state index in [0.29, 0.717) is 30.7 Å². The van der Waals surface area contributed by atoms with Crippen LogP contribution in [0.4, 0.5) is 5.69 Å². The third-order valence-corrected chi connectivity index (χ3v) is 4.92. The van der Waals surface area contributed by atoms with Gasteiger partial charge < -0.3 is 10.5 Å². The second-order valence-electron chi connectivity index (χ2n) is 6.46. The molecule has 1 aliphatic rings. The van der Waals surface area contributed by atoms with Gasteiger partial charge in [-0.15, -0.1) is 0 Å². The van der Waals surface area contributed by atoms with Crippen LogP contribution in [0.5, 0.6) is 5.75 Å². The standard InChI is InChI=1S/C19H23N3O3/c1-25-19-8-7-17(22(23)24)9-15(19)11-21-12-16(10-20)18(13-21)14-5-3-2-4-6-14/h2-9,16,18H,10-13,20H2,1H3/t16-,18+/m1/s1. The summed E-state index contributed by atoms with van der Waals surface area (Å²) < 4.78 is 5.38. The fraction of sp³-hybridized carbons (Fsp3) is 0.368. The Kier molecular flexibility index (Phi) is 5.31. The van der Waals surface area contributed by atoms with Crippen molar-refractivity contribution < 1.29 is 9.66 Å². The van der Waals surface area contributed by atoms with E-state index in [1.54, 1.807) is 19.2 Å². The molecule has 2 N–H and O–H groups in total. The van der Waals surface area contributed by atoms with Crippen LogP contribution in [0, 0.1) is 16.0 Å². The molecule has 6 nitrogen and oxygen atoms in total. The highest BCUT2D eigenvalue weighted by atomic mass is 16.6. The molecule has 2 aromatic carbocycles. The van der Waals surface area contributed by atoms with Gasteiger partial charge in [0.15, 0.2) is 0 Å². The highest BCUT2D eigenvalue weighted by molar-refractivity contribution is 5.44. The number of nitrogens with two attached hydrogens (primary N) is 1. The molecule has 2 aromatic rings. The van der Waals surface area contributed by atoms with Crippen LogP contribution in [0.2, 0.25) is 0 Å². The molecule has 25 heavy (non-hydrogen) atoms. The molecule has 0 amide bonds. The highest BCUT2D eigenvalue weighted by Crippen LogP contribution is 2.34. The lowest BCUT2D eigenvalue weighted by atomic mass is 9.89. The van der Waals surface area contributed by atoms with Gasteiger partial charge in [0.25, 0.3) is 5.69 Å². The number of methoxy groups -OCH3 is 1. The largest absolute Gasteiger partial charge is 0.496 e. The van der Waals surface area contributed by atoms with Crippen molar-refractivity contribution in [3.05, 3.63) is 69.8 Å². The topological polar surface area (TPSA) is 81.6 Å². The molecule has 2 atom stereocenters. The summed E-state index contributed by atoms with van der Waals surface area (Å²) in [5.74, 6) is 1.45. The third kappa shape index (κ3) is 3.81. The first kappa shape index (κ1) is 17.4. The van der Waals surface area contributed by atoms with Crippen molar-refractivity contribution in [1.82, 2.24) is 4.90 Å². The summed E-state index contributed by atoms with van der Waals surface area (Å²) in [6.07, 6.45) is 0. The number of nitro groups is 1. The molecule has 0 radical (unpaired) electrons. The normalized spacial score (nSPS) is 20.6. The zero-order valence-corrected chi connectivity index (χ0v) is 14.3. The Balaban J connectivity index is 1.80. The molecule has 1 aliphatic heterocycles. The zero-order valence-electron chi connectivity index (χ0n) is 14.3. The van der Waals surface area contributed by atoms with Gasteiger partial charge in [0, 0.05) is 43.2 Å². The number of hydrogen-bond acceptors (Lipinski definition) is 5. The monoisotopic (exact) mass is 341 g/mol. The minimum Gasteiger partial charge on any atom is -0.496 e. The summed E-state index contributed by atoms with van der Waals surface area (Å²) in [5, 5.41) is 11.1. The molecule has 0 aromatic heterocycles. The van der Waals surface area contributed by atoms with E-state index < -0.39 is 0 Å². The van der Waals surface area contributed by atoms with Crippen LogP contribution in [0.3, 0.4) is 0 Å². The average molecular weight is 341 g/mol. The molecule has 132 valence electrons.